The number of ether oxygens (including phenoxy) is 1. The summed E-state index contributed by atoms with van der Waals surface area (Å²) in [5.74, 6) is 0.668. The van der Waals surface area contributed by atoms with Crippen molar-refractivity contribution in [2.24, 2.45) is 11.8 Å². The zero-order valence-electron chi connectivity index (χ0n) is 18.0. The number of nitrogens with one attached hydrogen (secondary N) is 2. The quantitative estimate of drug-likeness (QED) is 0.491. The number of carbonyl (C=O) groups is 1. The van der Waals surface area contributed by atoms with Crippen LogP contribution in [-0.2, 0) is 6.54 Å². The van der Waals surface area contributed by atoms with Crippen LogP contribution in [0.4, 0.5) is 11.6 Å². The summed E-state index contributed by atoms with van der Waals surface area (Å²) in [4.78, 5) is 41.4. The molecule has 0 atom stereocenters. The fraction of sp³-hybridized carbons (Fsp3) is 0.364. The number of aromatic nitrogens is 5. The highest BCUT2D eigenvalue weighted by molar-refractivity contribution is 5.84. The molecule has 0 amide bonds. The fourth-order valence-electron chi connectivity index (χ4n) is 3.82. The van der Waals surface area contributed by atoms with Crippen molar-refractivity contribution < 1.29 is 14.6 Å². The van der Waals surface area contributed by atoms with E-state index >= 15 is 0 Å². The second-order valence-electron chi connectivity index (χ2n) is 8.22. The molecule has 4 rings (SSSR count). The van der Waals surface area contributed by atoms with E-state index in [-0.39, 0.29) is 17.5 Å². The third-order valence-corrected chi connectivity index (χ3v) is 5.69. The van der Waals surface area contributed by atoms with Crippen LogP contribution in [0.2, 0.25) is 0 Å². The number of nitrogens with zero attached hydrogens (tertiary/aromatic N) is 4. The molecule has 2 aromatic heterocycles. The topological polar surface area (TPSA) is 152 Å². The Hall–Kier alpha value is -4.02. The van der Waals surface area contributed by atoms with Gasteiger partial charge in [-0.25, -0.2) is 14.4 Å². The van der Waals surface area contributed by atoms with Crippen molar-refractivity contribution in [3.05, 3.63) is 63.1 Å². The molecule has 0 unspecified atom stereocenters. The summed E-state index contributed by atoms with van der Waals surface area (Å²) in [6.07, 6.45) is 4.33. The molecule has 0 radical (unpaired) electrons. The van der Waals surface area contributed by atoms with Crippen LogP contribution < -0.4 is 21.4 Å². The maximum atomic E-state index is 12.5. The Kier molecular flexibility index (Phi) is 6.48. The Morgan fingerprint density at radius 2 is 1.85 bits per heavy atom. The van der Waals surface area contributed by atoms with Crippen LogP contribution in [0.1, 0.15) is 43.1 Å². The molecule has 0 spiro atoms. The van der Waals surface area contributed by atoms with E-state index in [0.717, 1.165) is 25.7 Å². The van der Waals surface area contributed by atoms with Gasteiger partial charge in [0.05, 0.1) is 0 Å². The first-order valence-corrected chi connectivity index (χ1v) is 10.7. The Balaban J connectivity index is 1.47. The minimum atomic E-state index is -1.17. The smallest absolute Gasteiger partial charge is 0.356 e. The lowest BCUT2D eigenvalue weighted by Crippen LogP contribution is -2.35. The van der Waals surface area contributed by atoms with Gasteiger partial charge in [0.2, 0.25) is 11.8 Å². The van der Waals surface area contributed by atoms with Gasteiger partial charge in [-0.3, -0.25) is 9.55 Å². The highest BCUT2D eigenvalue weighted by atomic mass is 16.5. The molecule has 3 N–H and O–H groups in total. The van der Waals surface area contributed by atoms with Gasteiger partial charge in [-0.05, 0) is 55.0 Å². The minimum Gasteiger partial charge on any atom is -0.476 e. The Labute approximate surface area is 188 Å². The Morgan fingerprint density at radius 3 is 2.48 bits per heavy atom. The number of carboxylic acids is 1. The van der Waals surface area contributed by atoms with Crippen LogP contribution in [0.25, 0.3) is 0 Å². The van der Waals surface area contributed by atoms with Gasteiger partial charge in [-0.15, -0.1) is 10.2 Å². The number of benzene rings is 1. The molecule has 0 bridgehead atoms. The van der Waals surface area contributed by atoms with E-state index in [1.165, 1.54) is 16.7 Å². The molecular formula is C22H24N6O5. The number of hydrogen-bond donors (Lipinski definition) is 3. The maximum Gasteiger partial charge on any atom is 0.356 e. The van der Waals surface area contributed by atoms with Gasteiger partial charge in [0, 0.05) is 18.3 Å². The van der Waals surface area contributed by atoms with Gasteiger partial charge in [-0.2, -0.15) is 4.98 Å². The van der Waals surface area contributed by atoms with Gasteiger partial charge >= 0.3 is 17.3 Å². The highest BCUT2D eigenvalue weighted by Gasteiger charge is 2.21. The van der Waals surface area contributed by atoms with Gasteiger partial charge < -0.3 is 15.2 Å². The molecule has 0 saturated heterocycles. The third kappa shape index (κ3) is 5.62. The fourth-order valence-corrected chi connectivity index (χ4v) is 3.82. The summed E-state index contributed by atoms with van der Waals surface area (Å²) in [5, 5.41) is 19.2. The van der Waals surface area contributed by atoms with Crippen molar-refractivity contribution in [2.75, 3.05) is 5.32 Å². The van der Waals surface area contributed by atoms with Gasteiger partial charge in [0.25, 0.3) is 0 Å². The standard InChI is InChI=1S/C22H24N6O5/c1-13-2-4-14(5-3-13)12-28-20(24-21(31)25-22(28)32)23-15-6-8-16(9-7-15)33-18-11-10-17(19(29)30)26-27-18/h6-11,13-14H,2-5,12H2,1H3,(H,29,30)(H2,23,24,25,31,32). The van der Waals surface area contributed by atoms with Crippen molar-refractivity contribution in [3.8, 4) is 11.6 Å². The first kappa shape index (κ1) is 22.2. The van der Waals surface area contributed by atoms with E-state index in [0.29, 0.717) is 29.8 Å². The first-order valence-electron chi connectivity index (χ1n) is 10.7. The van der Waals surface area contributed by atoms with Crippen LogP contribution in [0.5, 0.6) is 11.6 Å². The maximum absolute atomic E-state index is 12.5. The molecule has 1 aliphatic carbocycles. The number of carboxylic acid groups (broad SMARTS) is 1. The SMILES string of the molecule is CC1CCC(Cn2c(Nc3ccc(Oc4ccc(C(=O)O)nn4)cc3)nc(=O)[nH]c2=O)CC1. The second-order valence-corrected chi connectivity index (χ2v) is 8.22. The van der Waals surface area contributed by atoms with Crippen LogP contribution in [0.3, 0.4) is 0 Å². The molecule has 2 heterocycles. The molecule has 1 fully saturated rings. The molecular weight excluding hydrogens is 428 g/mol. The number of aromatic carboxylic acids is 1. The summed E-state index contributed by atoms with van der Waals surface area (Å²) in [6.45, 7) is 2.73. The molecule has 1 aromatic carbocycles. The van der Waals surface area contributed by atoms with Crippen molar-refractivity contribution in [2.45, 2.75) is 39.2 Å². The predicted molar refractivity (Wildman–Crippen MR) is 119 cm³/mol. The van der Waals surface area contributed by atoms with Crippen molar-refractivity contribution >= 4 is 17.6 Å². The normalized spacial score (nSPS) is 18.0. The zero-order valence-corrected chi connectivity index (χ0v) is 18.0. The summed E-state index contributed by atoms with van der Waals surface area (Å²) in [7, 11) is 0. The van der Waals surface area contributed by atoms with Crippen LogP contribution in [0.15, 0.2) is 46.0 Å². The van der Waals surface area contributed by atoms with Crippen LogP contribution in [-0.4, -0.2) is 35.8 Å². The Bertz CT molecular complexity index is 1230. The molecule has 172 valence electrons. The average molecular weight is 452 g/mol. The van der Waals surface area contributed by atoms with E-state index in [2.05, 4.69) is 32.4 Å². The highest BCUT2D eigenvalue weighted by Crippen LogP contribution is 2.29. The summed E-state index contributed by atoms with van der Waals surface area (Å²) >= 11 is 0. The van der Waals surface area contributed by atoms with Gasteiger partial charge in [0.15, 0.2) is 5.69 Å². The number of hydrogen-bond acceptors (Lipinski definition) is 8. The molecule has 1 aliphatic rings. The molecule has 11 heteroatoms. The minimum absolute atomic E-state index is 0.146. The predicted octanol–water partition coefficient (Wildman–Crippen LogP) is 2.78. The lowest BCUT2D eigenvalue weighted by atomic mass is 9.83. The largest absolute Gasteiger partial charge is 0.476 e. The third-order valence-electron chi connectivity index (χ3n) is 5.69. The van der Waals surface area contributed by atoms with Gasteiger partial charge in [0.1, 0.15) is 5.75 Å². The first-order chi connectivity index (χ1) is 15.9. The van der Waals surface area contributed by atoms with E-state index in [4.69, 9.17) is 9.84 Å². The molecule has 11 nitrogen and oxygen atoms in total. The summed E-state index contributed by atoms with van der Waals surface area (Å²) in [5.41, 5.74) is -0.766. The van der Waals surface area contributed by atoms with Crippen molar-refractivity contribution in [1.29, 1.82) is 0 Å². The molecule has 3 aromatic rings. The summed E-state index contributed by atoms with van der Waals surface area (Å²) in [6, 6.07) is 9.43. The number of rotatable bonds is 7. The summed E-state index contributed by atoms with van der Waals surface area (Å²) < 4.78 is 7.05. The van der Waals surface area contributed by atoms with Crippen molar-refractivity contribution in [1.82, 2.24) is 24.7 Å². The average Bonchev–Trinajstić information content (AvgIpc) is 2.79. The van der Waals surface area contributed by atoms with E-state index in [1.54, 1.807) is 24.3 Å². The van der Waals surface area contributed by atoms with E-state index in [9.17, 15) is 14.4 Å². The second kappa shape index (κ2) is 9.63. The molecule has 1 saturated carbocycles. The molecule has 33 heavy (non-hydrogen) atoms. The van der Waals surface area contributed by atoms with Crippen LogP contribution >= 0.6 is 0 Å². The number of H-pyrrole nitrogens is 1. The van der Waals surface area contributed by atoms with E-state index < -0.39 is 17.3 Å². The van der Waals surface area contributed by atoms with Crippen molar-refractivity contribution in [3.63, 3.8) is 0 Å². The van der Waals surface area contributed by atoms with E-state index in [1.807, 2.05) is 0 Å². The number of anilines is 2. The van der Waals surface area contributed by atoms with Crippen LogP contribution in [0, 0.1) is 11.8 Å². The lowest BCUT2D eigenvalue weighted by molar-refractivity contribution is 0.0689. The molecule has 0 aliphatic heterocycles. The Morgan fingerprint density at radius 1 is 1.12 bits per heavy atom. The monoisotopic (exact) mass is 452 g/mol. The van der Waals surface area contributed by atoms with Gasteiger partial charge in [-0.1, -0.05) is 19.8 Å². The zero-order chi connectivity index (χ0) is 23.4. The number of aromatic amines is 1. The lowest BCUT2D eigenvalue weighted by Gasteiger charge is -2.27.